The molecule has 0 unspecified atom stereocenters. The topological polar surface area (TPSA) is 72.9 Å². The molecule has 3 rings (SSSR count). The standard InChI is InChI=1S/C21H16BrClFNO5S/c1-2-29-19(26)11-30-17-6-4-14(22)7-13(17)8-18-20(27)25(21(28)31-18)10-12-3-5-15(24)9-16(12)23/h3-9H,2,10-11H2,1H3/b18-8-. The van der Waals surface area contributed by atoms with Gasteiger partial charge in [0.1, 0.15) is 11.6 Å². The van der Waals surface area contributed by atoms with Crippen LogP contribution in [0.15, 0.2) is 45.8 Å². The highest BCUT2D eigenvalue weighted by molar-refractivity contribution is 9.10. The van der Waals surface area contributed by atoms with Gasteiger partial charge in [-0.05, 0) is 60.7 Å². The second kappa shape index (κ2) is 10.3. The van der Waals surface area contributed by atoms with Crippen LogP contribution in [0, 0.1) is 5.82 Å². The molecule has 2 aromatic rings. The first-order valence-corrected chi connectivity index (χ1v) is 11.0. The molecule has 2 aromatic carbocycles. The van der Waals surface area contributed by atoms with E-state index in [-0.39, 0.29) is 29.7 Å². The molecule has 0 atom stereocenters. The van der Waals surface area contributed by atoms with Gasteiger partial charge in [-0.2, -0.15) is 0 Å². The largest absolute Gasteiger partial charge is 0.481 e. The summed E-state index contributed by atoms with van der Waals surface area (Å²) in [5, 5.41) is -0.342. The number of imide groups is 1. The summed E-state index contributed by atoms with van der Waals surface area (Å²) >= 11 is 10.1. The van der Waals surface area contributed by atoms with Crippen LogP contribution >= 0.6 is 39.3 Å². The van der Waals surface area contributed by atoms with Gasteiger partial charge >= 0.3 is 5.97 Å². The van der Waals surface area contributed by atoms with Crippen LogP contribution in [0.5, 0.6) is 5.75 Å². The van der Waals surface area contributed by atoms with Crippen LogP contribution in [0.4, 0.5) is 9.18 Å². The minimum atomic E-state index is -0.520. The van der Waals surface area contributed by atoms with Crippen molar-refractivity contribution in [1.82, 2.24) is 4.90 Å². The molecule has 0 saturated carbocycles. The molecule has 1 aliphatic rings. The van der Waals surface area contributed by atoms with E-state index in [0.717, 1.165) is 27.2 Å². The molecular formula is C21H16BrClFNO5S. The lowest BCUT2D eigenvalue weighted by molar-refractivity contribution is -0.145. The molecule has 0 bridgehead atoms. The first-order valence-electron chi connectivity index (χ1n) is 9.05. The number of halogens is 3. The van der Waals surface area contributed by atoms with E-state index in [1.807, 2.05) is 0 Å². The number of carbonyl (C=O) groups excluding carboxylic acids is 3. The fourth-order valence-corrected chi connectivity index (χ4v) is 4.14. The van der Waals surface area contributed by atoms with E-state index in [0.29, 0.717) is 16.9 Å². The third-order valence-corrected chi connectivity index (χ3v) is 5.88. The second-order valence-corrected chi connectivity index (χ2v) is 8.60. The Bertz CT molecular complexity index is 1080. The Hall–Kier alpha value is -2.36. The van der Waals surface area contributed by atoms with Crippen LogP contribution in [0.1, 0.15) is 18.1 Å². The van der Waals surface area contributed by atoms with Gasteiger partial charge in [0.25, 0.3) is 11.1 Å². The molecule has 10 heteroatoms. The summed E-state index contributed by atoms with van der Waals surface area (Å²) in [5.74, 6) is -1.18. The number of hydrogen-bond donors (Lipinski definition) is 0. The fraction of sp³-hybridized carbons (Fsp3) is 0.190. The Kier molecular flexibility index (Phi) is 7.74. The molecule has 1 saturated heterocycles. The number of thioether (sulfide) groups is 1. The number of carbonyl (C=O) groups is 3. The molecule has 1 aliphatic heterocycles. The van der Waals surface area contributed by atoms with Crippen molar-refractivity contribution >= 4 is 62.5 Å². The lowest BCUT2D eigenvalue weighted by atomic mass is 10.1. The normalized spacial score (nSPS) is 15.0. The van der Waals surface area contributed by atoms with Gasteiger partial charge in [0.05, 0.1) is 18.1 Å². The molecule has 0 aromatic heterocycles. The Labute approximate surface area is 195 Å². The lowest BCUT2D eigenvalue weighted by Crippen LogP contribution is -2.27. The smallest absolute Gasteiger partial charge is 0.344 e. The highest BCUT2D eigenvalue weighted by atomic mass is 79.9. The van der Waals surface area contributed by atoms with Gasteiger partial charge in [-0.3, -0.25) is 14.5 Å². The minimum absolute atomic E-state index is 0.0776. The van der Waals surface area contributed by atoms with Crippen molar-refractivity contribution in [3.05, 3.63) is 67.7 Å². The van der Waals surface area contributed by atoms with Gasteiger partial charge in [-0.25, -0.2) is 9.18 Å². The molecule has 31 heavy (non-hydrogen) atoms. The number of esters is 1. The molecule has 162 valence electrons. The Morgan fingerprint density at radius 3 is 2.74 bits per heavy atom. The van der Waals surface area contributed by atoms with Gasteiger partial charge in [0.2, 0.25) is 0 Å². The van der Waals surface area contributed by atoms with Crippen LogP contribution in [0.25, 0.3) is 6.08 Å². The highest BCUT2D eigenvalue weighted by Crippen LogP contribution is 2.36. The van der Waals surface area contributed by atoms with E-state index < -0.39 is 22.9 Å². The van der Waals surface area contributed by atoms with Crippen molar-refractivity contribution in [3.8, 4) is 5.75 Å². The van der Waals surface area contributed by atoms with Crippen LogP contribution in [0.2, 0.25) is 5.02 Å². The summed E-state index contributed by atoms with van der Waals surface area (Å²) in [6, 6.07) is 8.83. The zero-order valence-corrected chi connectivity index (χ0v) is 19.4. The number of rotatable bonds is 7. The van der Waals surface area contributed by atoms with E-state index in [2.05, 4.69) is 15.9 Å². The zero-order valence-electron chi connectivity index (χ0n) is 16.2. The van der Waals surface area contributed by atoms with Gasteiger partial charge in [-0.1, -0.05) is 33.6 Å². The van der Waals surface area contributed by atoms with Crippen molar-refractivity contribution in [2.45, 2.75) is 13.5 Å². The molecule has 0 radical (unpaired) electrons. The Balaban J connectivity index is 1.82. The maximum atomic E-state index is 13.3. The molecule has 0 spiro atoms. The Morgan fingerprint density at radius 2 is 2.03 bits per heavy atom. The average molecular weight is 529 g/mol. The van der Waals surface area contributed by atoms with Gasteiger partial charge in [-0.15, -0.1) is 0 Å². The number of ether oxygens (including phenoxy) is 2. The maximum Gasteiger partial charge on any atom is 0.344 e. The summed E-state index contributed by atoms with van der Waals surface area (Å²) in [6.07, 6.45) is 1.52. The monoisotopic (exact) mass is 527 g/mol. The number of nitrogens with zero attached hydrogens (tertiary/aromatic N) is 1. The predicted molar refractivity (Wildman–Crippen MR) is 119 cm³/mol. The van der Waals surface area contributed by atoms with E-state index >= 15 is 0 Å². The van der Waals surface area contributed by atoms with Crippen LogP contribution in [0.3, 0.4) is 0 Å². The summed E-state index contributed by atoms with van der Waals surface area (Å²) in [5.41, 5.74) is 0.955. The molecule has 2 amide bonds. The van der Waals surface area contributed by atoms with E-state index in [1.54, 1.807) is 25.1 Å². The van der Waals surface area contributed by atoms with Crippen LogP contribution < -0.4 is 4.74 Å². The van der Waals surface area contributed by atoms with Crippen molar-refractivity contribution < 1.29 is 28.2 Å². The lowest BCUT2D eigenvalue weighted by Gasteiger charge is -2.13. The molecular weight excluding hydrogens is 513 g/mol. The average Bonchev–Trinajstić information content (AvgIpc) is 2.97. The summed E-state index contributed by atoms with van der Waals surface area (Å²) in [4.78, 5) is 38.0. The molecule has 0 aliphatic carbocycles. The van der Waals surface area contributed by atoms with E-state index in [4.69, 9.17) is 21.1 Å². The molecule has 1 fully saturated rings. The van der Waals surface area contributed by atoms with Crippen molar-refractivity contribution in [1.29, 1.82) is 0 Å². The van der Waals surface area contributed by atoms with E-state index in [1.165, 1.54) is 18.2 Å². The van der Waals surface area contributed by atoms with Gasteiger partial charge < -0.3 is 9.47 Å². The zero-order chi connectivity index (χ0) is 22.5. The predicted octanol–water partition coefficient (Wildman–Crippen LogP) is 5.42. The Morgan fingerprint density at radius 1 is 1.26 bits per heavy atom. The molecule has 0 N–H and O–H groups in total. The number of hydrogen-bond acceptors (Lipinski definition) is 6. The van der Waals surface area contributed by atoms with Crippen molar-refractivity contribution in [2.24, 2.45) is 0 Å². The van der Waals surface area contributed by atoms with Crippen molar-refractivity contribution in [3.63, 3.8) is 0 Å². The second-order valence-electron chi connectivity index (χ2n) is 6.28. The third-order valence-electron chi connectivity index (χ3n) is 4.13. The van der Waals surface area contributed by atoms with Gasteiger partial charge in [0, 0.05) is 15.1 Å². The van der Waals surface area contributed by atoms with Gasteiger partial charge in [0.15, 0.2) is 6.61 Å². The third kappa shape index (κ3) is 5.87. The molecule has 1 heterocycles. The SMILES string of the molecule is CCOC(=O)COc1ccc(Br)cc1/C=C1\SC(=O)N(Cc2ccc(F)cc2Cl)C1=O. The highest BCUT2D eigenvalue weighted by Gasteiger charge is 2.35. The summed E-state index contributed by atoms with van der Waals surface area (Å²) < 4.78 is 24.3. The first kappa shape index (κ1) is 23.3. The van der Waals surface area contributed by atoms with E-state index in [9.17, 15) is 18.8 Å². The summed E-state index contributed by atoms with van der Waals surface area (Å²) in [6.45, 7) is 1.56. The van der Waals surface area contributed by atoms with Crippen molar-refractivity contribution in [2.75, 3.05) is 13.2 Å². The fourth-order valence-electron chi connectivity index (χ4n) is 2.70. The molecule has 6 nitrogen and oxygen atoms in total. The number of benzene rings is 2. The van der Waals surface area contributed by atoms with Crippen LogP contribution in [-0.2, 0) is 20.9 Å². The summed E-state index contributed by atoms with van der Waals surface area (Å²) in [7, 11) is 0. The van der Waals surface area contributed by atoms with Crippen LogP contribution in [-0.4, -0.2) is 35.2 Å². The number of amides is 2. The first-order chi connectivity index (χ1) is 14.8. The quantitative estimate of drug-likeness (QED) is 0.353. The minimum Gasteiger partial charge on any atom is -0.481 e. The maximum absolute atomic E-state index is 13.3.